The van der Waals surface area contributed by atoms with Gasteiger partial charge in [-0.05, 0) is 45.7 Å². The average molecular weight is 186 g/mol. The van der Waals surface area contributed by atoms with Crippen LogP contribution in [0.15, 0.2) is 0 Å². The summed E-state index contributed by atoms with van der Waals surface area (Å²) in [5.74, 6) is 0. The van der Waals surface area contributed by atoms with Crippen molar-refractivity contribution in [3.63, 3.8) is 0 Å². The lowest BCUT2D eigenvalue weighted by atomic mass is 10.2. The van der Waals surface area contributed by atoms with Crippen LogP contribution in [0.5, 0.6) is 0 Å². The highest BCUT2D eigenvalue weighted by Crippen LogP contribution is 2.03. The van der Waals surface area contributed by atoms with Crippen LogP contribution in [0.4, 0.5) is 0 Å². The van der Waals surface area contributed by atoms with Crippen LogP contribution in [0, 0.1) is 0 Å². The predicted octanol–water partition coefficient (Wildman–Crippen LogP) is 0.489. The molecule has 0 spiro atoms. The third kappa shape index (κ3) is 5.24. The number of aliphatic hydroxyl groups is 1. The monoisotopic (exact) mass is 186 g/mol. The second kappa shape index (κ2) is 6.35. The van der Waals surface area contributed by atoms with Crippen molar-refractivity contribution in [1.82, 2.24) is 10.6 Å². The molecule has 1 aliphatic rings. The Hall–Kier alpha value is -0.120. The molecule has 0 aromatic rings. The van der Waals surface area contributed by atoms with Crippen LogP contribution in [0.2, 0.25) is 0 Å². The second-order valence-electron chi connectivity index (χ2n) is 3.99. The maximum atomic E-state index is 9.02. The smallest absolute Gasteiger partial charge is 0.0512 e. The molecule has 0 radical (unpaired) electrons. The first-order valence-electron chi connectivity index (χ1n) is 5.41. The van der Waals surface area contributed by atoms with E-state index < -0.39 is 0 Å². The summed E-state index contributed by atoms with van der Waals surface area (Å²) >= 11 is 0. The van der Waals surface area contributed by atoms with Crippen molar-refractivity contribution >= 4 is 0 Å². The Balaban J connectivity index is 1.83. The van der Waals surface area contributed by atoms with E-state index >= 15 is 0 Å². The van der Waals surface area contributed by atoms with Crippen molar-refractivity contribution in [2.75, 3.05) is 19.6 Å². The number of rotatable bonds is 6. The van der Waals surface area contributed by atoms with Crippen LogP contribution in [-0.4, -0.2) is 36.9 Å². The summed E-state index contributed by atoms with van der Waals surface area (Å²) in [7, 11) is 0. The number of aliphatic hydroxyl groups excluding tert-OH is 1. The van der Waals surface area contributed by atoms with Gasteiger partial charge in [-0.2, -0.15) is 0 Å². The average Bonchev–Trinajstić information content (AvgIpc) is 2.55. The highest BCUT2D eigenvalue weighted by atomic mass is 16.3. The Morgan fingerprint density at radius 1 is 1.62 bits per heavy atom. The van der Waals surface area contributed by atoms with Gasteiger partial charge in [0.05, 0.1) is 6.10 Å². The molecule has 0 bridgehead atoms. The van der Waals surface area contributed by atoms with Crippen LogP contribution in [0.3, 0.4) is 0 Å². The lowest BCUT2D eigenvalue weighted by Crippen LogP contribution is -2.34. The molecule has 2 atom stereocenters. The number of hydrogen-bond acceptors (Lipinski definition) is 3. The Labute approximate surface area is 80.9 Å². The highest BCUT2D eigenvalue weighted by molar-refractivity contribution is 4.75. The van der Waals surface area contributed by atoms with E-state index in [1.807, 2.05) is 6.92 Å². The first-order chi connectivity index (χ1) is 6.29. The molecule has 1 rings (SSSR count). The summed E-state index contributed by atoms with van der Waals surface area (Å²) in [4.78, 5) is 0. The van der Waals surface area contributed by atoms with Crippen molar-refractivity contribution in [3.8, 4) is 0 Å². The number of nitrogens with one attached hydrogen (secondary N) is 2. The molecule has 78 valence electrons. The van der Waals surface area contributed by atoms with E-state index in [0.717, 1.165) is 25.9 Å². The van der Waals surface area contributed by atoms with Crippen LogP contribution in [0.1, 0.15) is 32.6 Å². The SMILES string of the molecule is CC(O)CCCNCC1CCCN1. The third-order valence-corrected chi connectivity index (χ3v) is 2.53. The number of hydrogen-bond donors (Lipinski definition) is 3. The van der Waals surface area contributed by atoms with Crippen LogP contribution in [0.25, 0.3) is 0 Å². The van der Waals surface area contributed by atoms with E-state index in [-0.39, 0.29) is 6.10 Å². The quantitative estimate of drug-likeness (QED) is 0.529. The van der Waals surface area contributed by atoms with Gasteiger partial charge in [0, 0.05) is 12.6 Å². The fourth-order valence-corrected chi connectivity index (χ4v) is 1.73. The van der Waals surface area contributed by atoms with Gasteiger partial charge in [-0.15, -0.1) is 0 Å². The molecule has 2 unspecified atom stereocenters. The maximum absolute atomic E-state index is 9.02. The van der Waals surface area contributed by atoms with Crippen LogP contribution in [-0.2, 0) is 0 Å². The molecule has 1 heterocycles. The fourth-order valence-electron chi connectivity index (χ4n) is 1.73. The second-order valence-corrected chi connectivity index (χ2v) is 3.99. The molecule has 0 aromatic heterocycles. The molecule has 1 saturated heterocycles. The molecule has 13 heavy (non-hydrogen) atoms. The summed E-state index contributed by atoms with van der Waals surface area (Å²) in [6, 6.07) is 0.687. The van der Waals surface area contributed by atoms with Gasteiger partial charge in [-0.1, -0.05) is 0 Å². The van der Waals surface area contributed by atoms with Crippen molar-refractivity contribution in [2.24, 2.45) is 0 Å². The minimum atomic E-state index is -0.147. The Kier molecular flexibility index (Phi) is 5.35. The molecule has 0 aliphatic carbocycles. The summed E-state index contributed by atoms with van der Waals surface area (Å²) in [6.45, 7) is 5.14. The zero-order valence-electron chi connectivity index (χ0n) is 8.55. The van der Waals surface area contributed by atoms with Gasteiger partial charge in [0.15, 0.2) is 0 Å². The van der Waals surface area contributed by atoms with Gasteiger partial charge in [-0.25, -0.2) is 0 Å². The van der Waals surface area contributed by atoms with Gasteiger partial charge in [-0.3, -0.25) is 0 Å². The molecule has 0 aromatic carbocycles. The van der Waals surface area contributed by atoms with E-state index in [2.05, 4.69) is 10.6 Å². The molecule has 3 N–H and O–H groups in total. The summed E-state index contributed by atoms with van der Waals surface area (Å²) in [6.07, 6.45) is 4.46. The summed E-state index contributed by atoms with van der Waals surface area (Å²) < 4.78 is 0. The Morgan fingerprint density at radius 3 is 3.08 bits per heavy atom. The lowest BCUT2D eigenvalue weighted by molar-refractivity contribution is 0.181. The van der Waals surface area contributed by atoms with Gasteiger partial charge in [0.25, 0.3) is 0 Å². The van der Waals surface area contributed by atoms with Crippen LogP contribution >= 0.6 is 0 Å². The largest absolute Gasteiger partial charge is 0.393 e. The van der Waals surface area contributed by atoms with Crippen LogP contribution < -0.4 is 10.6 Å². The molecule has 0 saturated carbocycles. The molecule has 0 amide bonds. The topological polar surface area (TPSA) is 44.3 Å². The van der Waals surface area contributed by atoms with Gasteiger partial charge >= 0.3 is 0 Å². The first kappa shape index (κ1) is 11.0. The Morgan fingerprint density at radius 2 is 2.46 bits per heavy atom. The van der Waals surface area contributed by atoms with Crippen molar-refractivity contribution < 1.29 is 5.11 Å². The first-order valence-corrected chi connectivity index (χ1v) is 5.41. The fraction of sp³-hybridized carbons (Fsp3) is 1.00. The van der Waals surface area contributed by atoms with Gasteiger partial charge in [0.2, 0.25) is 0 Å². The standard InChI is InChI=1S/C10H22N2O/c1-9(13)4-2-6-11-8-10-5-3-7-12-10/h9-13H,2-8H2,1H3. The van der Waals surface area contributed by atoms with E-state index in [9.17, 15) is 0 Å². The molecule has 3 heteroatoms. The van der Waals surface area contributed by atoms with Gasteiger partial charge < -0.3 is 15.7 Å². The molecule has 3 nitrogen and oxygen atoms in total. The van der Waals surface area contributed by atoms with E-state index in [0.29, 0.717) is 6.04 Å². The summed E-state index contributed by atoms with van der Waals surface area (Å²) in [5.41, 5.74) is 0. The molecular formula is C10H22N2O. The minimum Gasteiger partial charge on any atom is -0.393 e. The normalized spacial score (nSPS) is 24.9. The van der Waals surface area contributed by atoms with Crippen molar-refractivity contribution in [2.45, 2.75) is 44.8 Å². The minimum absolute atomic E-state index is 0.147. The molecule has 1 fully saturated rings. The Bertz CT molecular complexity index is 122. The zero-order valence-corrected chi connectivity index (χ0v) is 8.55. The van der Waals surface area contributed by atoms with E-state index in [1.54, 1.807) is 0 Å². The van der Waals surface area contributed by atoms with E-state index in [1.165, 1.54) is 19.4 Å². The zero-order chi connectivity index (χ0) is 9.52. The van der Waals surface area contributed by atoms with Crippen molar-refractivity contribution in [1.29, 1.82) is 0 Å². The third-order valence-electron chi connectivity index (χ3n) is 2.53. The maximum Gasteiger partial charge on any atom is 0.0512 e. The predicted molar refractivity (Wildman–Crippen MR) is 54.8 cm³/mol. The highest BCUT2D eigenvalue weighted by Gasteiger charge is 2.12. The van der Waals surface area contributed by atoms with E-state index in [4.69, 9.17) is 5.11 Å². The molecular weight excluding hydrogens is 164 g/mol. The lowest BCUT2D eigenvalue weighted by Gasteiger charge is -2.11. The van der Waals surface area contributed by atoms with Crippen molar-refractivity contribution in [3.05, 3.63) is 0 Å². The summed E-state index contributed by atoms with van der Waals surface area (Å²) in [5, 5.41) is 15.9. The molecule has 1 aliphatic heterocycles. The van der Waals surface area contributed by atoms with Gasteiger partial charge in [0.1, 0.15) is 0 Å².